The third-order valence-electron chi connectivity index (χ3n) is 5.85. The summed E-state index contributed by atoms with van der Waals surface area (Å²) in [5, 5.41) is 10.6. The highest BCUT2D eigenvalue weighted by atomic mass is 16.6. The molecule has 182 valence electrons. The van der Waals surface area contributed by atoms with Gasteiger partial charge in [0.1, 0.15) is 11.9 Å². The fraction of sp³-hybridized carbons (Fsp3) is 0.400. The second-order valence-corrected chi connectivity index (χ2v) is 8.25. The molecule has 0 spiro atoms. The lowest BCUT2D eigenvalue weighted by Crippen LogP contribution is -2.42. The molecule has 0 unspecified atom stereocenters. The van der Waals surface area contributed by atoms with Crippen LogP contribution in [-0.4, -0.2) is 67.7 Å². The normalized spacial score (nSPS) is 13.9. The number of aliphatic carboxylic acids is 1. The first-order valence-corrected chi connectivity index (χ1v) is 11.2. The molecule has 1 amide bonds. The molecule has 2 aromatic carbocycles. The zero-order chi connectivity index (χ0) is 24.7. The van der Waals surface area contributed by atoms with Crippen molar-refractivity contribution in [3.8, 4) is 5.75 Å². The van der Waals surface area contributed by atoms with E-state index in [1.807, 2.05) is 43.2 Å². The van der Waals surface area contributed by atoms with E-state index in [-0.39, 0.29) is 5.91 Å². The molecule has 3 rings (SSSR count). The van der Waals surface area contributed by atoms with Gasteiger partial charge in [0.15, 0.2) is 0 Å². The SMILES string of the molecule is COc1cc(C(=O)N2CCC(OC(=O)C(=O)O)CC2)cc(C)c1N(C)NCCc1ccccc1. The number of nitrogens with one attached hydrogen (secondary N) is 1. The standard InChI is InChI=1S/C25H31N3O6/c1-17-15-19(23(29)28-13-10-20(11-14-28)34-25(32)24(30)31)16-21(33-3)22(17)27(2)26-12-9-18-7-5-4-6-8-18/h4-8,15-16,20,26H,9-14H2,1-3H3,(H,30,31). The molecule has 0 radical (unpaired) electrons. The number of carbonyl (C=O) groups is 3. The van der Waals surface area contributed by atoms with E-state index in [1.54, 1.807) is 18.1 Å². The van der Waals surface area contributed by atoms with Gasteiger partial charge >= 0.3 is 11.9 Å². The predicted molar refractivity (Wildman–Crippen MR) is 127 cm³/mol. The quantitative estimate of drug-likeness (QED) is 0.345. The van der Waals surface area contributed by atoms with Crippen LogP contribution < -0.4 is 15.2 Å². The van der Waals surface area contributed by atoms with E-state index in [4.69, 9.17) is 14.6 Å². The maximum atomic E-state index is 13.1. The third-order valence-corrected chi connectivity index (χ3v) is 5.85. The summed E-state index contributed by atoms with van der Waals surface area (Å²) >= 11 is 0. The molecule has 1 aliphatic rings. The Kier molecular flexibility index (Phi) is 8.48. The number of methoxy groups -OCH3 is 1. The van der Waals surface area contributed by atoms with Gasteiger partial charge in [-0.2, -0.15) is 0 Å². The Morgan fingerprint density at radius 2 is 1.82 bits per heavy atom. The minimum absolute atomic E-state index is 0.143. The van der Waals surface area contributed by atoms with Crippen molar-refractivity contribution in [1.82, 2.24) is 10.3 Å². The van der Waals surface area contributed by atoms with E-state index in [2.05, 4.69) is 17.6 Å². The lowest BCUT2D eigenvalue weighted by molar-refractivity contribution is -0.168. The Morgan fingerprint density at radius 1 is 1.15 bits per heavy atom. The summed E-state index contributed by atoms with van der Waals surface area (Å²) in [7, 11) is 3.49. The van der Waals surface area contributed by atoms with Crippen LogP contribution in [0.15, 0.2) is 42.5 Å². The average Bonchev–Trinajstić information content (AvgIpc) is 2.84. The number of piperidine rings is 1. The number of rotatable bonds is 8. The Balaban J connectivity index is 1.62. The van der Waals surface area contributed by atoms with Crippen LogP contribution in [0.4, 0.5) is 5.69 Å². The molecule has 0 aliphatic carbocycles. The van der Waals surface area contributed by atoms with Gasteiger partial charge in [0.05, 0.1) is 12.8 Å². The van der Waals surface area contributed by atoms with Crippen LogP contribution in [0.2, 0.25) is 0 Å². The summed E-state index contributed by atoms with van der Waals surface area (Å²) < 4.78 is 10.5. The first-order valence-electron chi connectivity index (χ1n) is 11.2. The molecule has 34 heavy (non-hydrogen) atoms. The maximum absolute atomic E-state index is 13.1. The number of aryl methyl sites for hydroxylation is 1. The van der Waals surface area contributed by atoms with E-state index < -0.39 is 18.0 Å². The van der Waals surface area contributed by atoms with Gasteiger partial charge in [0.2, 0.25) is 0 Å². The van der Waals surface area contributed by atoms with Gasteiger partial charge in [-0.15, -0.1) is 0 Å². The van der Waals surface area contributed by atoms with Crippen molar-refractivity contribution < 1.29 is 29.0 Å². The number of hydrogen-bond acceptors (Lipinski definition) is 7. The van der Waals surface area contributed by atoms with Crippen LogP contribution in [0.1, 0.15) is 34.3 Å². The van der Waals surface area contributed by atoms with E-state index >= 15 is 0 Å². The van der Waals surface area contributed by atoms with E-state index in [9.17, 15) is 14.4 Å². The number of anilines is 1. The minimum atomic E-state index is -1.61. The fourth-order valence-corrected chi connectivity index (χ4v) is 4.11. The number of carbonyl (C=O) groups excluding carboxylic acids is 2. The van der Waals surface area contributed by atoms with Gasteiger partial charge < -0.3 is 24.5 Å². The zero-order valence-electron chi connectivity index (χ0n) is 19.7. The molecule has 1 heterocycles. The molecule has 0 saturated carbocycles. The molecular formula is C25H31N3O6. The molecule has 1 aliphatic heterocycles. The van der Waals surface area contributed by atoms with Crippen LogP contribution in [0.25, 0.3) is 0 Å². The van der Waals surface area contributed by atoms with Crippen molar-refractivity contribution >= 4 is 23.5 Å². The Labute approximate surface area is 199 Å². The largest absolute Gasteiger partial charge is 0.494 e. The summed E-state index contributed by atoms with van der Waals surface area (Å²) in [5.41, 5.74) is 6.88. The molecule has 9 nitrogen and oxygen atoms in total. The Hall–Kier alpha value is -3.59. The summed E-state index contributed by atoms with van der Waals surface area (Å²) in [5.74, 6) is -2.43. The molecule has 1 saturated heterocycles. The topological polar surface area (TPSA) is 108 Å². The molecule has 0 bridgehead atoms. The average molecular weight is 470 g/mol. The number of hydrazine groups is 1. The van der Waals surface area contributed by atoms with Crippen LogP contribution >= 0.6 is 0 Å². The minimum Gasteiger partial charge on any atom is -0.494 e. The van der Waals surface area contributed by atoms with Crippen molar-refractivity contribution in [3.05, 3.63) is 59.2 Å². The lowest BCUT2D eigenvalue weighted by atomic mass is 10.0. The highest BCUT2D eigenvalue weighted by Gasteiger charge is 2.28. The highest BCUT2D eigenvalue weighted by molar-refractivity contribution is 6.28. The van der Waals surface area contributed by atoms with Crippen LogP contribution in [0.5, 0.6) is 5.75 Å². The second kappa shape index (κ2) is 11.5. The number of nitrogens with zero attached hydrogens (tertiary/aromatic N) is 2. The number of benzene rings is 2. The van der Waals surface area contributed by atoms with E-state index in [0.29, 0.717) is 37.2 Å². The van der Waals surface area contributed by atoms with Gasteiger partial charge in [-0.1, -0.05) is 30.3 Å². The summed E-state index contributed by atoms with van der Waals surface area (Å²) in [6.45, 7) is 3.42. The molecule has 0 aromatic heterocycles. The van der Waals surface area contributed by atoms with Crippen LogP contribution in [0, 0.1) is 6.92 Å². The van der Waals surface area contributed by atoms with Crippen molar-refractivity contribution in [3.63, 3.8) is 0 Å². The van der Waals surface area contributed by atoms with Gasteiger partial charge in [-0.3, -0.25) is 4.79 Å². The smallest absolute Gasteiger partial charge is 0.417 e. The number of esters is 1. The first kappa shape index (κ1) is 25.0. The van der Waals surface area contributed by atoms with Crippen LogP contribution in [-0.2, 0) is 20.7 Å². The summed E-state index contributed by atoms with van der Waals surface area (Å²) in [6, 6.07) is 13.8. The molecule has 1 fully saturated rings. The Morgan fingerprint density at radius 3 is 2.44 bits per heavy atom. The summed E-state index contributed by atoms with van der Waals surface area (Å²) in [6.07, 6.45) is 1.17. The number of carboxylic acid groups (broad SMARTS) is 1. The zero-order valence-corrected chi connectivity index (χ0v) is 19.7. The number of ether oxygens (including phenoxy) is 2. The number of hydrogen-bond donors (Lipinski definition) is 2. The van der Waals surface area contributed by atoms with Gasteiger partial charge in [-0.25, -0.2) is 15.0 Å². The maximum Gasteiger partial charge on any atom is 0.417 e. The number of carboxylic acids is 1. The van der Waals surface area contributed by atoms with Crippen molar-refractivity contribution in [2.75, 3.05) is 38.8 Å². The number of likely N-dealkylation sites (tertiary alicyclic amines) is 1. The third kappa shape index (κ3) is 6.26. The van der Waals surface area contributed by atoms with Gasteiger partial charge in [0.25, 0.3) is 5.91 Å². The Bertz CT molecular complexity index is 1020. The lowest BCUT2D eigenvalue weighted by Gasteiger charge is -2.32. The van der Waals surface area contributed by atoms with Crippen LogP contribution in [0.3, 0.4) is 0 Å². The number of amides is 1. The van der Waals surface area contributed by atoms with E-state index in [1.165, 1.54) is 5.56 Å². The van der Waals surface area contributed by atoms with Crippen molar-refractivity contribution in [1.29, 1.82) is 0 Å². The van der Waals surface area contributed by atoms with Crippen molar-refractivity contribution in [2.24, 2.45) is 0 Å². The monoisotopic (exact) mass is 469 g/mol. The summed E-state index contributed by atoms with van der Waals surface area (Å²) in [4.78, 5) is 36.7. The molecule has 2 N–H and O–H groups in total. The first-order chi connectivity index (χ1) is 16.3. The molecule has 0 atom stereocenters. The fourth-order valence-electron chi connectivity index (χ4n) is 4.11. The molecular weight excluding hydrogens is 438 g/mol. The predicted octanol–water partition coefficient (Wildman–Crippen LogP) is 2.42. The molecule has 2 aromatic rings. The van der Waals surface area contributed by atoms with Crippen molar-refractivity contribution in [2.45, 2.75) is 32.3 Å². The van der Waals surface area contributed by atoms with E-state index in [0.717, 1.165) is 24.2 Å². The molecule has 9 heteroatoms. The highest BCUT2D eigenvalue weighted by Crippen LogP contribution is 2.32. The van der Waals surface area contributed by atoms with Gasteiger partial charge in [0, 0.05) is 45.1 Å². The second-order valence-electron chi connectivity index (χ2n) is 8.25. The van der Waals surface area contributed by atoms with Gasteiger partial charge in [-0.05, 0) is 36.6 Å².